The molecule has 0 unspecified atom stereocenters. The van der Waals surface area contributed by atoms with Crippen LogP contribution in [0.2, 0.25) is 5.02 Å². The van der Waals surface area contributed by atoms with Crippen molar-refractivity contribution in [1.82, 2.24) is 9.80 Å². The molecule has 0 atom stereocenters. The molecule has 1 saturated heterocycles. The summed E-state index contributed by atoms with van der Waals surface area (Å²) in [6.45, 7) is 2.17. The minimum Gasteiger partial charge on any atom is -0.336 e. The maximum absolute atomic E-state index is 14.0. The molecule has 1 aliphatic heterocycles. The Bertz CT molecular complexity index is 857. The van der Waals surface area contributed by atoms with E-state index in [1.165, 1.54) is 12.1 Å². The van der Waals surface area contributed by atoms with Crippen LogP contribution in [0.5, 0.6) is 0 Å². The first kappa shape index (κ1) is 19.8. The molecule has 0 radical (unpaired) electrons. The molecule has 0 saturated carbocycles. The SMILES string of the molecule is O=C(CN1CCN(C(=O)c2ccc(Br)cc2F)CC1)Nc1ccccc1Cl. The Morgan fingerprint density at radius 3 is 2.48 bits per heavy atom. The van der Waals surface area contributed by atoms with E-state index in [9.17, 15) is 14.0 Å². The summed E-state index contributed by atoms with van der Waals surface area (Å²) >= 11 is 9.22. The molecule has 5 nitrogen and oxygen atoms in total. The zero-order chi connectivity index (χ0) is 19.4. The van der Waals surface area contributed by atoms with Crippen LogP contribution in [0.15, 0.2) is 46.9 Å². The van der Waals surface area contributed by atoms with E-state index in [0.29, 0.717) is 41.4 Å². The van der Waals surface area contributed by atoms with E-state index >= 15 is 0 Å². The summed E-state index contributed by atoms with van der Waals surface area (Å²) in [6.07, 6.45) is 0. The van der Waals surface area contributed by atoms with Crippen LogP contribution in [0.4, 0.5) is 10.1 Å². The second kappa shape index (κ2) is 8.82. The molecule has 142 valence electrons. The molecule has 1 heterocycles. The van der Waals surface area contributed by atoms with E-state index in [1.807, 2.05) is 4.90 Å². The number of rotatable bonds is 4. The highest BCUT2D eigenvalue weighted by Gasteiger charge is 2.25. The lowest BCUT2D eigenvalue weighted by atomic mass is 10.1. The van der Waals surface area contributed by atoms with Gasteiger partial charge in [-0.2, -0.15) is 0 Å². The largest absolute Gasteiger partial charge is 0.336 e. The highest BCUT2D eigenvalue weighted by atomic mass is 79.9. The number of hydrogen-bond acceptors (Lipinski definition) is 3. The van der Waals surface area contributed by atoms with Crippen LogP contribution < -0.4 is 5.32 Å². The maximum atomic E-state index is 14.0. The quantitative estimate of drug-likeness (QED) is 0.767. The van der Waals surface area contributed by atoms with E-state index in [2.05, 4.69) is 21.2 Å². The maximum Gasteiger partial charge on any atom is 0.256 e. The normalized spacial score (nSPS) is 14.9. The van der Waals surface area contributed by atoms with Gasteiger partial charge in [0, 0.05) is 30.7 Å². The van der Waals surface area contributed by atoms with Gasteiger partial charge in [0.05, 0.1) is 22.8 Å². The highest BCUT2D eigenvalue weighted by molar-refractivity contribution is 9.10. The van der Waals surface area contributed by atoms with Gasteiger partial charge >= 0.3 is 0 Å². The lowest BCUT2D eigenvalue weighted by Crippen LogP contribution is -2.50. The summed E-state index contributed by atoms with van der Waals surface area (Å²) in [5, 5.41) is 3.27. The second-order valence-electron chi connectivity index (χ2n) is 6.22. The number of halogens is 3. The van der Waals surface area contributed by atoms with Crippen molar-refractivity contribution in [1.29, 1.82) is 0 Å². The summed E-state index contributed by atoms with van der Waals surface area (Å²) in [5.41, 5.74) is 0.631. The van der Waals surface area contributed by atoms with Crippen molar-refractivity contribution in [3.63, 3.8) is 0 Å². The van der Waals surface area contributed by atoms with Gasteiger partial charge in [-0.25, -0.2) is 4.39 Å². The number of amides is 2. The van der Waals surface area contributed by atoms with Crippen LogP contribution in [-0.2, 0) is 4.79 Å². The summed E-state index contributed by atoms with van der Waals surface area (Å²) in [6, 6.07) is 11.4. The minimum atomic E-state index is -0.545. The van der Waals surface area contributed by atoms with E-state index in [-0.39, 0.29) is 23.9 Å². The molecule has 0 bridgehead atoms. The summed E-state index contributed by atoms with van der Waals surface area (Å²) in [4.78, 5) is 28.3. The van der Waals surface area contributed by atoms with Crippen LogP contribution in [0.3, 0.4) is 0 Å². The monoisotopic (exact) mass is 453 g/mol. The van der Waals surface area contributed by atoms with Crippen LogP contribution in [0.1, 0.15) is 10.4 Å². The minimum absolute atomic E-state index is 0.0584. The average molecular weight is 455 g/mol. The van der Waals surface area contributed by atoms with Gasteiger partial charge in [0.2, 0.25) is 5.91 Å². The summed E-state index contributed by atoms with van der Waals surface area (Å²) < 4.78 is 14.6. The fourth-order valence-corrected chi connectivity index (χ4v) is 3.41. The van der Waals surface area contributed by atoms with E-state index in [1.54, 1.807) is 35.2 Å². The molecule has 0 aromatic heterocycles. The van der Waals surface area contributed by atoms with Crippen molar-refractivity contribution in [3.8, 4) is 0 Å². The van der Waals surface area contributed by atoms with Crippen LogP contribution in [0, 0.1) is 5.82 Å². The predicted octanol–water partition coefficient (Wildman–Crippen LogP) is 3.64. The first-order chi connectivity index (χ1) is 12.9. The highest BCUT2D eigenvalue weighted by Crippen LogP contribution is 2.20. The van der Waals surface area contributed by atoms with E-state index in [4.69, 9.17) is 11.6 Å². The number of benzene rings is 2. The van der Waals surface area contributed by atoms with Gasteiger partial charge in [-0.3, -0.25) is 14.5 Å². The molecule has 2 aromatic rings. The fourth-order valence-electron chi connectivity index (χ4n) is 2.90. The molecule has 2 amide bonds. The van der Waals surface area contributed by atoms with Crippen molar-refractivity contribution in [2.75, 3.05) is 38.0 Å². The van der Waals surface area contributed by atoms with Gasteiger partial charge in [0.25, 0.3) is 5.91 Å². The fraction of sp³-hybridized carbons (Fsp3) is 0.263. The number of nitrogens with zero attached hydrogens (tertiary/aromatic N) is 2. The molecule has 1 aliphatic rings. The lowest BCUT2D eigenvalue weighted by molar-refractivity contribution is -0.117. The van der Waals surface area contributed by atoms with Gasteiger partial charge in [-0.05, 0) is 30.3 Å². The number of anilines is 1. The van der Waals surface area contributed by atoms with Gasteiger partial charge in [-0.1, -0.05) is 39.7 Å². The number of carbonyl (C=O) groups is 2. The Morgan fingerprint density at radius 1 is 1.11 bits per heavy atom. The van der Waals surface area contributed by atoms with Gasteiger partial charge in [0.1, 0.15) is 5.82 Å². The molecule has 0 spiro atoms. The Balaban J connectivity index is 1.52. The first-order valence-corrected chi connectivity index (χ1v) is 9.62. The number of piperazine rings is 1. The predicted molar refractivity (Wildman–Crippen MR) is 107 cm³/mol. The Hall–Kier alpha value is -1.96. The van der Waals surface area contributed by atoms with Crippen molar-refractivity contribution >= 4 is 45.0 Å². The third kappa shape index (κ3) is 5.06. The van der Waals surface area contributed by atoms with Crippen molar-refractivity contribution < 1.29 is 14.0 Å². The van der Waals surface area contributed by atoms with Crippen molar-refractivity contribution in [2.24, 2.45) is 0 Å². The molecule has 2 aromatic carbocycles. The van der Waals surface area contributed by atoms with Gasteiger partial charge < -0.3 is 10.2 Å². The number of nitrogens with one attached hydrogen (secondary N) is 1. The lowest BCUT2D eigenvalue weighted by Gasteiger charge is -2.34. The van der Waals surface area contributed by atoms with E-state index < -0.39 is 5.82 Å². The van der Waals surface area contributed by atoms with Crippen LogP contribution in [0.25, 0.3) is 0 Å². The zero-order valence-electron chi connectivity index (χ0n) is 14.4. The molecule has 0 aliphatic carbocycles. The summed E-state index contributed by atoms with van der Waals surface area (Å²) in [7, 11) is 0. The molecule has 8 heteroatoms. The molecule has 27 heavy (non-hydrogen) atoms. The molecule has 3 rings (SSSR count). The zero-order valence-corrected chi connectivity index (χ0v) is 16.8. The molecular formula is C19H18BrClFN3O2. The first-order valence-electron chi connectivity index (χ1n) is 8.45. The number of hydrogen-bond donors (Lipinski definition) is 1. The Kier molecular flexibility index (Phi) is 6.46. The second-order valence-corrected chi connectivity index (χ2v) is 7.54. The summed E-state index contributed by atoms with van der Waals surface area (Å²) in [5.74, 6) is -1.04. The van der Waals surface area contributed by atoms with Crippen molar-refractivity contribution in [3.05, 3.63) is 63.3 Å². The number of carbonyl (C=O) groups excluding carboxylic acids is 2. The third-order valence-corrected chi connectivity index (χ3v) is 5.16. The number of para-hydroxylation sites is 1. The third-order valence-electron chi connectivity index (χ3n) is 4.34. The van der Waals surface area contributed by atoms with Gasteiger partial charge in [0.15, 0.2) is 0 Å². The molecule has 1 fully saturated rings. The van der Waals surface area contributed by atoms with Crippen LogP contribution >= 0.6 is 27.5 Å². The standard InChI is InChI=1S/C19H18BrClFN3O2/c20-13-5-6-14(16(22)11-13)19(27)25-9-7-24(8-10-25)12-18(26)23-17-4-2-1-3-15(17)21/h1-6,11H,7-10,12H2,(H,23,26). The average Bonchev–Trinajstić information content (AvgIpc) is 2.64. The van der Waals surface area contributed by atoms with E-state index in [0.717, 1.165) is 0 Å². The molecule has 1 N–H and O–H groups in total. The Labute approximate surface area is 170 Å². The van der Waals surface area contributed by atoms with Crippen LogP contribution in [-0.4, -0.2) is 54.3 Å². The topological polar surface area (TPSA) is 52.7 Å². The van der Waals surface area contributed by atoms with Gasteiger partial charge in [-0.15, -0.1) is 0 Å². The molecular weight excluding hydrogens is 437 g/mol. The van der Waals surface area contributed by atoms with Crippen molar-refractivity contribution in [2.45, 2.75) is 0 Å². The Morgan fingerprint density at radius 2 is 1.81 bits per heavy atom. The smallest absolute Gasteiger partial charge is 0.256 e.